The lowest BCUT2D eigenvalue weighted by molar-refractivity contribution is 0.179. The summed E-state index contributed by atoms with van der Waals surface area (Å²) in [6.45, 7) is 15.9. The number of hydrogen-bond donors (Lipinski definition) is 0. The maximum atomic E-state index is 6.72. The highest BCUT2D eigenvalue weighted by molar-refractivity contribution is 6.74. The molecule has 0 bridgehead atoms. The van der Waals surface area contributed by atoms with Gasteiger partial charge in [-0.15, -0.1) is 13.0 Å². The van der Waals surface area contributed by atoms with Crippen molar-refractivity contribution in [1.29, 1.82) is 0 Å². The van der Waals surface area contributed by atoms with Crippen LogP contribution in [0.15, 0.2) is 43.0 Å². The second-order valence-electron chi connectivity index (χ2n) is 7.81. The molecule has 24 heavy (non-hydrogen) atoms. The molecule has 1 unspecified atom stereocenters. The first-order chi connectivity index (χ1) is 11.2. The van der Waals surface area contributed by atoms with E-state index >= 15 is 0 Å². The molecular formula is C21H29NOSi. The van der Waals surface area contributed by atoms with Gasteiger partial charge in [-0.3, -0.25) is 0 Å². The van der Waals surface area contributed by atoms with E-state index in [-0.39, 0.29) is 11.1 Å². The summed E-state index contributed by atoms with van der Waals surface area (Å²) in [5.74, 6) is 2.79. The molecule has 128 valence electrons. The van der Waals surface area contributed by atoms with Crippen LogP contribution >= 0.6 is 0 Å². The second-order valence-corrected chi connectivity index (χ2v) is 12.6. The summed E-state index contributed by atoms with van der Waals surface area (Å²) < 4.78 is 8.93. The highest BCUT2D eigenvalue weighted by Gasteiger charge is 2.39. The smallest absolute Gasteiger partial charge is 0.193 e. The minimum Gasteiger partial charge on any atom is -0.408 e. The third-order valence-electron chi connectivity index (χ3n) is 5.05. The van der Waals surface area contributed by atoms with E-state index in [0.29, 0.717) is 6.54 Å². The summed E-state index contributed by atoms with van der Waals surface area (Å²) in [6.07, 6.45) is 8.34. The lowest BCUT2D eigenvalue weighted by Crippen LogP contribution is -2.42. The van der Waals surface area contributed by atoms with Crippen LogP contribution < -0.4 is 0 Å². The van der Waals surface area contributed by atoms with Crippen LogP contribution in [0, 0.1) is 12.3 Å². The topological polar surface area (TPSA) is 14.2 Å². The Morgan fingerprint density at radius 2 is 2.00 bits per heavy atom. The predicted molar refractivity (Wildman–Crippen MR) is 107 cm³/mol. The van der Waals surface area contributed by atoms with Crippen LogP contribution in [0.25, 0.3) is 10.9 Å². The molecule has 0 N–H and O–H groups in total. The monoisotopic (exact) mass is 339 g/mol. The number of hydrogen-bond acceptors (Lipinski definition) is 1. The third-order valence-corrected chi connectivity index (χ3v) is 9.53. The quantitative estimate of drug-likeness (QED) is 0.362. The zero-order chi connectivity index (χ0) is 18.0. The molecule has 0 aliphatic carbocycles. The van der Waals surface area contributed by atoms with Gasteiger partial charge in [-0.1, -0.05) is 51.0 Å². The van der Waals surface area contributed by atoms with Crippen LogP contribution in [0.2, 0.25) is 18.1 Å². The molecule has 2 rings (SSSR count). The van der Waals surface area contributed by atoms with Gasteiger partial charge in [0.25, 0.3) is 0 Å². The Morgan fingerprint density at radius 3 is 2.58 bits per heavy atom. The van der Waals surface area contributed by atoms with Gasteiger partial charge in [0, 0.05) is 11.2 Å². The van der Waals surface area contributed by atoms with Gasteiger partial charge in [-0.25, -0.2) is 0 Å². The molecule has 0 radical (unpaired) electrons. The zero-order valence-corrected chi connectivity index (χ0v) is 16.6. The van der Waals surface area contributed by atoms with Gasteiger partial charge in [0.05, 0.1) is 12.6 Å². The maximum absolute atomic E-state index is 6.72. The number of fused-ring (bicyclic) bond motifs is 1. The standard InChI is InChI=1S/C21H29NOSi/c1-8-12-20(23-24(6,7)21(3,4)5)19-16-17-13-10-11-14-18(17)22(19)15-9-2/h2,8,10-11,13-14,16,20H,1,12,15H2,3-7H3. The lowest BCUT2D eigenvalue weighted by atomic mass is 10.2. The zero-order valence-electron chi connectivity index (χ0n) is 15.6. The van der Waals surface area contributed by atoms with Gasteiger partial charge in [0.15, 0.2) is 8.32 Å². The Bertz CT molecular complexity index is 758. The number of aromatic nitrogens is 1. The summed E-state index contributed by atoms with van der Waals surface area (Å²) >= 11 is 0. The molecule has 3 heteroatoms. The molecule has 0 saturated heterocycles. The van der Waals surface area contributed by atoms with Crippen LogP contribution in [0.3, 0.4) is 0 Å². The molecule has 0 aliphatic heterocycles. The summed E-state index contributed by atoms with van der Waals surface area (Å²) in [5.41, 5.74) is 2.32. The van der Waals surface area contributed by atoms with Crippen molar-refractivity contribution >= 4 is 19.2 Å². The first-order valence-corrected chi connectivity index (χ1v) is 11.4. The molecule has 0 amide bonds. The molecule has 1 aromatic heterocycles. The molecule has 2 nitrogen and oxygen atoms in total. The van der Waals surface area contributed by atoms with Gasteiger partial charge < -0.3 is 8.99 Å². The van der Waals surface area contributed by atoms with Crippen molar-refractivity contribution in [2.45, 2.75) is 58.0 Å². The van der Waals surface area contributed by atoms with E-state index in [2.05, 4.69) is 81.3 Å². The Hall–Kier alpha value is -1.76. The number of para-hydroxylation sites is 1. The number of benzene rings is 1. The fourth-order valence-electron chi connectivity index (χ4n) is 2.68. The molecule has 0 fully saturated rings. The van der Waals surface area contributed by atoms with E-state index < -0.39 is 8.32 Å². The number of nitrogens with zero attached hydrogens (tertiary/aromatic N) is 1. The van der Waals surface area contributed by atoms with Crippen LogP contribution in [-0.4, -0.2) is 12.9 Å². The van der Waals surface area contributed by atoms with Gasteiger partial charge in [0.2, 0.25) is 0 Å². The Kier molecular flexibility index (Phi) is 5.42. The molecule has 1 heterocycles. The van der Waals surface area contributed by atoms with Crippen molar-refractivity contribution in [1.82, 2.24) is 4.57 Å². The number of rotatable bonds is 6. The lowest BCUT2D eigenvalue weighted by Gasteiger charge is -2.39. The molecule has 2 aromatic rings. The normalized spacial score (nSPS) is 13.7. The third kappa shape index (κ3) is 3.66. The van der Waals surface area contributed by atoms with Crippen molar-refractivity contribution in [2.75, 3.05) is 0 Å². The number of terminal acetylenes is 1. The van der Waals surface area contributed by atoms with Crippen molar-refractivity contribution in [2.24, 2.45) is 0 Å². The first-order valence-electron chi connectivity index (χ1n) is 8.51. The molecule has 0 aliphatic rings. The van der Waals surface area contributed by atoms with Crippen molar-refractivity contribution in [3.63, 3.8) is 0 Å². The van der Waals surface area contributed by atoms with Gasteiger partial charge >= 0.3 is 0 Å². The fourth-order valence-corrected chi connectivity index (χ4v) is 3.96. The van der Waals surface area contributed by atoms with E-state index in [4.69, 9.17) is 10.8 Å². The summed E-state index contributed by atoms with van der Waals surface area (Å²) in [7, 11) is -1.90. The summed E-state index contributed by atoms with van der Waals surface area (Å²) in [5, 5.41) is 1.37. The largest absolute Gasteiger partial charge is 0.408 e. The van der Waals surface area contributed by atoms with E-state index in [0.717, 1.165) is 12.1 Å². The van der Waals surface area contributed by atoms with Crippen LogP contribution in [0.1, 0.15) is 39.0 Å². The van der Waals surface area contributed by atoms with Gasteiger partial charge in [0.1, 0.15) is 0 Å². The minimum absolute atomic E-state index is 0.0101. The Balaban J connectivity index is 2.52. The first kappa shape index (κ1) is 18.6. The highest BCUT2D eigenvalue weighted by atomic mass is 28.4. The second kappa shape index (κ2) is 7.00. The molecular weight excluding hydrogens is 310 g/mol. The van der Waals surface area contributed by atoms with E-state index in [9.17, 15) is 0 Å². The molecule has 0 spiro atoms. The van der Waals surface area contributed by atoms with Crippen LogP contribution in [-0.2, 0) is 11.0 Å². The van der Waals surface area contributed by atoms with Crippen LogP contribution in [0.4, 0.5) is 0 Å². The van der Waals surface area contributed by atoms with Crippen molar-refractivity contribution in [3.8, 4) is 12.3 Å². The maximum Gasteiger partial charge on any atom is 0.193 e. The van der Waals surface area contributed by atoms with Crippen molar-refractivity contribution < 1.29 is 4.43 Å². The Morgan fingerprint density at radius 1 is 1.33 bits per heavy atom. The summed E-state index contributed by atoms with van der Waals surface area (Å²) in [6, 6.07) is 10.6. The average Bonchev–Trinajstić information content (AvgIpc) is 2.85. The fraction of sp³-hybridized carbons (Fsp3) is 0.429. The molecule has 0 saturated carbocycles. The van der Waals surface area contributed by atoms with E-state index in [1.54, 1.807) is 0 Å². The summed E-state index contributed by atoms with van der Waals surface area (Å²) in [4.78, 5) is 0. The van der Waals surface area contributed by atoms with Gasteiger partial charge in [-0.2, -0.15) is 0 Å². The van der Waals surface area contributed by atoms with Crippen LogP contribution in [0.5, 0.6) is 0 Å². The highest BCUT2D eigenvalue weighted by Crippen LogP contribution is 2.41. The SMILES string of the molecule is C#CCn1c(C(CC=C)O[Si](C)(C)C(C)(C)C)cc2ccccc21. The van der Waals surface area contributed by atoms with Crippen molar-refractivity contribution in [3.05, 3.63) is 48.7 Å². The minimum atomic E-state index is -1.90. The predicted octanol–water partition coefficient (Wildman–Crippen LogP) is 5.91. The Labute approximate surface area is 147 Å². The van der Waals surface area contributed by atoms with E-state index in [1.165, 1.54) is 10.9 Å². The van der Waals surface area contributed by atoms with E-state index in [1.807, 2.05) is 6.08 Å². The van der Waals surface area contributed by atoms with Gasteiger partial charge in [-0.05, 0) is 42.1 Å². The average molecular weight is 340 g/mol. The molecule has 1 aromatic carbocycles. The molecule has 1 atom stereocenters.